The highest BCUT2D eigenvalue weighted by Gasteiger charge is 2.32. The van der Waals surface area contributed by atoms with Gasteiger partial charge in [-0.2, -0.15) is 5.10 Å². The van der Waals surface area contributed by atoms with Crippen molar-refractivity contribution in [2.24, 2.45) is 18.9 Å². The largest absolute Gasteiger partial charge is 0.371 e. The number of anilines is 1. The lowest BCUT2D eigenvalue weighted by atomic mass is 9.83. The predicted octanol–water partition coefficient (Wildman–Crippen LogP) is 3.12. The Kier molecular flexibility index (Phi) is 7.05. The van der Waals surface area contributed by atoms with Crippen LogP contribution in [0.25, 0.3) is 10.9 Å². The Morgan fingerprint density at radius 3 is 2.47 bits per heavy atom. The molecule has 1 unspecified atom stereocenters. The minimum absolute atomic E-state index is 0. The molecule has 8 heteroatoms. The topological polar surface area (TPSA) is 79.3 Å². The summed E-state index contributed by atoms with van der Waals surface area (Å²) in [6, 6.07) is 6.50. The number of benzene rings is 1. The Hall–Kier alpha value is -2.12. The van der Waals surface area contributed by atoms with Crippen molar-refractivity contribution in [3.05, 3.63) is 23.9 Å². The molecule has 4 heterocycles. The molecule has 2 N–H and O–H groups in total. The summed E-state index contributed by atoms with van der Waals surface area (Å²) >= 11 is 0. The second kappa shape index (κ2) is 9.79. The van der Waals surface area contributed by atoms with Crippen LogP contribution < -0.4 is 15.5 Å². The molecule has 1 aromatic carbocycles. The highest BCUT2D eigenvalue weighted by atomic mass is 35.5. The number of piperidine rings is 3. The Labute approximate surface area is 195 Å². The van der Waals surface area contributed by atoms with Crippen LogP contribution in [-0.4, -0.2) is 47.8 Å². The highest BCUT2D eigenvalue weighted by molar-refractivity contribution is 6.02. The summed E-state index contributed by atoms with van der Waals surface area (Å²) in [6.45, 7) is 4.60. The second-order valence-corrected chi connectivity index (χ2v) is 9.57. The number of nitrogens with one attached hydrogen (secondary N) is 2. The average Bonchev–Trinajstić information content (AvgIpc) is 3.11. The Morgan fingerprint density at radius 2 is 1.75 bits per heavy atom. The number of hydrogen-bond donors (Lipinski definition) is 2. The molecule has 7 nitrogen and oxygen atoms in total. The van der Waals surface area contributed by atoms with Gasteiger partial charge in [0.2, 0.25) is 11.8 Å². The van der Waals surface area contributed by atoms with Crippen molar-refractivity contribution in [1.82, 2.24) is 20.4 Å². The van der Waals surface area contributed by atoms with Gasteiger partial charge in [-0.15, -0.1) is 12.4 Å². The molecule has 174 valence electrons. The van der Waals surface area contributed by atoms with Crippen molar-refractivity contribution in [3.63, 3.8) is 0 Å². The van der Waals surface area contributed by atoms with Gasteiger partial charge >= 0.3 is 0 Å². The Balaban J connectivity index is 0.00000245. The molecule has 32 heavy (non-hydrogen) atoms. The van der Waals surface area contributed by atoms with Crippen LogP contribution in [0.15, 0.2) is 18.2 Å². The molecule has 3 aliphatic rings. The summed E-state index contributed by atoms with van der Waals surface area (Å²) in [5.41, 5.74) is 3.08. The molecule has 3 saturated heterocycles. The van der Waals surface area contributed by atoms with Crippen molar-refractivity contribution < 1.29 is 9.59 Å². The van der Waals surface area contributed by atoms with Gasteiger partial charge < -0.3 is 10.2 Å². The third-order valence-electron chi connectivity index (χ3n) is 7.54. The summed E-state index contributed by atoms with van der Waals surface area (Å²) < 4.78 is 1.88. The first kappa shape index (κ1) is 23.1. The van der Waals surface area contributed by atoms with E-state index in [2.05, 4.69) is 38.8 Å². The smallest absolute Gasteiger partial charge is 0.235 e. The summed E-state index contributed by atoms with van der Waals surface area (Å²) in [7, 11) is 1.94. The van der Waals surface area contributed by atoms with E-state index in [0.717, 1.165) is 41.5 Å². The van der Waals surface area contributed by atoms with E-state index in [1.807, 2.05) is 11.7 Å². The molecular formula is C24H34ClN5O2. The molecule has 0 spiro atoms. The van der Waals surface area contributed by atoms with Crippen molar-refractivity contribution in [1.29, 1.82) is 0 Å². The number of carbonyl (C=O) groups excluding carboxylic acids is 2. The average molecular weight is 460 g/mol. The van der Waals surface area contributed by atoms with Crippen LogP contribution in [0.4, 0.5) is 5.69 Å². The zero-order valence-electron chi connectivity index (χ0n) is 18.8. The zero-order valence-corrected chi connectivity index (χ0v) is 19.6. The highest BCUT2D eigenvalue weighted by Crippen LogP contribution is 2.34. The normalized spacial score (nSPS) is 23.3. The van der Waals surface area contributed by atoms with Crippen molar-refractivity contribution in [2.75, 3.05) is 31.1 Å². The fourth-order valence-corrected chi connectivity index (χ4v) is 5.70. The van der Waals surface area contributed by atoms with E-state index in [9.17, 15) is 9.59 Å². The molecule has 0 aliphatic carbocycles. The number of aromatic nitrogens is 2. The minimum atomic E-state index is -0.349. The monoisotopic (exact) mass is 459 g/mol. The Morgan fingerprint density at radius 1 is 1.03 bits per heavy atom. The molecule has 2 aromatic rings. The van der Waals surface area contributed by atoms with E-state index < -0.39 is 0 Å². The van der Waals surface area contributed by atoms with E-state index in [-0.39, 0.29) is 30.1 Å². The van der Waals surface area contributed by atoms with E-state index in [0.29, 0.717) is 12.8 Å². The van der Waals surface area contributed by atoms with Gasteiger partial charge in [-0.25, -0.2) is 0 Å². The summed E-state index contributed by atoms with van der Waals surface area (Å²) in [5.74, 6) is 1.01. The number of hydrogen-bond acceptors (Lipinski definition) is 5. The lowest BCUT2D eigenvalue weighted by Crippen LogP contribution is -2.39. The summed E-state index contributed by atoms with van der Waals surface area (Å²) in [4.78, 5) is 26.4. The van der Waals surface area contributed by atoms with Crippen molar-refractivity contribution >= 4 is 40.8 Å². The van der Waals surface area contributed by atoms with Gasteiger partial charge in [-0.1, -0.05) is 0 Å². The predicted molar refractivity (Wildman–Crippen MR) is 128 cm³/mol. The molecule has 3 aliphatic heterocycles. The standard InChI is InChI=1S/C24H33N5O2.ClH/c1-28-21-15-18(29-12-8-17(9-13-29)14-16-6-10-25-11-7-16)2-3-19(21)23(27-28)20-4-5-22(30)26-24(20)31;/h2-3,15-17,20,25H,4-14H2,1H3,(H,26,30,31);1H. The van der Waals surface area contributed by atoms with E-state index in [4.69, 9.17) is 0 Å². The number of carbonyl (C=O) groups is 2. The van der Waals surface area contributed by atoms with Gasteiger partial charge in [-0.3, -0.25) is 19.6 Å². The van der Waals surface area contributed by atoms with Gasteiger partial charge in [0.25, 0.3) is 0 Å². The number of imide groups is 1. The molecule has 3 fully saturated rings. The van der Waals surface area contributed by atoms with E-state index in [1.54, 1.807) is 0 Å². The lowest BCUT2D eigenvalue weighted by Gasteiger charge is -2.36. The molecule has 2 amide bonds. The molecule has 0 radical (unpaired) electrons. The van der Waals surface area contributed by atoms with Crippen LogP contribution in [0.3, 0.4) is 0 Å². The molecule has 0 bridgehead atoms. The fraction of sp³-hybridized carbons (Fsp3) is 0.625. The number of aryl methyl sites for hydroxylation is 1. The van der Waals surface area contributed by atoms with Gasteiger partial charge in [0.05, 0.1) is 17.1 Å². The first-order chi connectivity index (χ1) is 15.1. The molecule has 1 aromatic heterocycles. The SMILES string of the molecule is Cl.Cn1nc(C2CCC(=O)NC2=O)c2ccc(N3CCC(CC4CCNCC4)CC3)cc21. The van der Waals surface area contributed by atoms with E-state index in [1.165, 1.54) is 50.9 Å². The van der Waals surface area contributed by atoms with Crippen LogP contribution in [0.2, 0.25) is 0 Å². The summed E-state index contributed by atoms with van der Waals surface area (Å²) in [5, 5.41) is 11.6. The first-order valence-electron chi connectivity index (χ1n) is 11.8. The number of fused-ring (bicyclic) bond motifs is 1. The fourth-order valence-electron chi connectivity index (χ4n) is 5.70. The van der Waals surface area contributed by atoms with Gasteiger partial charge in [0, 0.05) is 37.6 Å². The van der Waals surface area contributed by atoms with E-state index >= 15 is 0 Å². The van der Waals surface area contributed by atoms with Crippen molar-refractivity contribution in [2.45, 2.75) is 50.9 Å². The van der Waals surface area contributed by atoms with Crippen molar-refractivity contribution in [3.8, 4) is 0 Å². The van der Waals surface area contributed by atoms with Gasteiger partial charge in [0.1, 0.15) is 0 Å². The van der Waals surface area contributed by atoms with Gasteiger partial charge in [0.15, 0.2) is 0 Å². The lowest BCUT2D eigenvalue weighted by molar-refractivity contribution is -0.134. The summed E-state index contributed by atoms with van der Waals surface area (Å²) in [6.07, 6.45) is 7.52. The molecular weight excluding hydrogens is 426 g/mol. The molecule has 0 saturated carbocycles. The van der Waals surface area contributed by atoms with Crippen LogP contribution in [0, 0.1) is 11.8 Å². The number of halogens is 1. The second-order valence-electron chi connectivity index (χ2n) is 9.57. The third-order valence-corrected chi connectivity index (χ3v) is 7.54. The molecule has 1 atom stereocenters. The quantitative estimate of drug-likeness (QED) is 0.687. The maximum absolute atomic E-state index is 12.4. The van der Waals surface area contributed by atoms with Crippen LogP contribution in [0.5, 0.6) is 0 Å². The number of rotatable bonds is 4. The third kappa shape index (κ3) is 4.64. The maximum Gasteiger partial charge on any atom is 0.235 e. The van der Waals surface area contributed by atoms with Crippen LogP contribution in [-0.2, 0) is 16.6 Å². The molecule has 5 rings (SSSR count). The van der Waals surface area contributed by atoms with Crippen LogP contribution >= 0.6 is 12.4 Å². The number of amides is 2. The maximum atomic E-state index is 12.4. The number of nitrogens with zero attached hydrogens (tertiary/aromatic N) is 3. The Bertz CT molecular complexity index is 976. The first-order valence-corrected chi connectivity index (χ1v) is 11.8. The minimum Gasteiger partial charge on any atom is -0.371 e. The van der Waals surface area contributed by atoms with Crippen LogP contribution in [0.1, 0.15) is 56.6 Å². The zero-order chi connectivity index (χ0) is 21.4. The van der Waals surface area contributed by atoms with Gasteiger partial charge in [-0.05, 0) is 81.6 Å².